The van der Waals surface area contributed by atoms with E-state index in [4.69, 9.17) is 4.74 Å². The van der Waals surface area contributed by atoms with Gasteiger partial charge in [0.2, 0.25) is 0 Å². The third kappa shape index (κ3) is 3.97. The first kappa shape index (κ1) is 30.8. The van der Waals surface area contributed by atoms with Gasteiger partial charge < -0.3 is 20.1 Å². The van der Waals surface area contributed by atoms with Crippen molar-refractivity contribution in [3.8, 4) is 0 Å². The minimum atomic E-state index is -1.10. The van der Waals surface area contributed by atoms with Crippen molar-refractivity contribution in [3.63, 3.8) is 0 Å². The SMILES string of the molecule is C[C@@H]1CC[C@]2(C(=O)O)CC[C@]3(C)C(=CCC4[C@@]5(C)C[C@@H](OC(=O)c6ccccc6)[C@H](O)C(C)(C)C5CC[C@]43C)C2[C@]1(C)O. The van der Waals surface area contributed by atoms with Crippen LogP contribution in [0.5, 0.6) is 0 Å². The van der Waals surface area contributed by atoms with Gasteiger partial charge >= 0.3 is 11.9 Å². The Hall–Kier alpha value is -2.18. The van der Waals surface area contributed by atoms with Gasteiger partial charge in [-0.1, -0.05) is 71.4 Å². The second kappa shape index (κ2) is 9.66. The maximum atomic E-state index is 13.2. The summed E-state index contributed by atoms with van der Waals surface area (Å²) in [4.78, 5) is 26.2. The molecule has 0 aromatic heterocycles. The van der Waals surface area contributed by atoms with E-state index in [1.54, 1.807) is 12.1 Å². The Morgan fingerprint density at radius 2 is 1.58 bits per heavy atom. The Bertz CT molecular complexity index is 1330. The minimum absolute atomic E-state index is 0.0210. The number of ether oxygens (including phenoxy) is 1. The van der Waals surface area contributed by atoms with Crippen LogP contribution in [0.3, 0.4) is 0 Å². The molecule has 6 heteroatoms. The molecule has 6 rings (SSSR count). The van der Waals surface area contributed by atoms with Crippen LogP contribution in [0, 0.1) is 50.7 Å². The molecule has 0 aliphatic heterocycles. The molecule has 0 spiro atoms. The molecule has 236 valence electrons. The number of carboxylic acids is 1. The van der Waals surface area contributed by atoms with Crippen LogP contribution in [0.15, 0.2) is 42.0 Å². The van der Waals surface area contributed by atoms with Gasteiger partial charge in [0.15, 0.2) is 0 Å². The molecule has 0 amide bonds. The lowest BCUT2D eigenvalue weighted by Crippen LogP contribution is -2.69. The number of aliphatic carboxylic acids is 1. The maximum absolute atomic E-state index is 13.2. The molecular formula is C37H52O6. The number of benzene rings is 1. The number of aliphatic hydroxyl groups excluding tert-OH is 1. The van der Waals surface area contributed by atoms with Crippen LogP contribution in [-0.2, 0) is 9.53 Å². The summed E-state index contributed by atoms with van der Waals surface area (Å²) >= 11 is 0. The van der Waals surface area contributed by atoms with Crippen LogP contribution in [0.25, 0.3) is 0 Å². The van der Waals surface area contributed by atoms with Crippen molar-refractivity contribution in [2.45, 2.75) is 118 Å². The maximum Gasteiger partial charge on any atom is 0.338 e. The standard InChI is InChI=1S/C37H52O6/c1-22-15-18-37(31(40)41)20-19-34(5)24(28(37)36(22,7)42)13-14-27-33(4)21-25(43-30(39)23-11-9-8-10-12-23)29(38)32(2,3)26(33)16-17-35(27,34)6/h8-13,22,25-29,38,42H,14-21H2,1-7H3,(H,40,41)/t22-,25-,26?,27?,28?,29+,33+,34-,35-,36-,37+/m1/s1. The fourth-order valence-electron chi connectivity index (χ4n) is 11.8. The van der Waals surface area contributed by atoms with Crippen LogP contribution < -0.4 is 0 Å². The van der Waals surface area contributed by atoms with Crippen LogP contribution in [0.2, 0.25) is 0 Å². The van der Waals surface area contributed by atoms with Crippen LogP contribution >= 0.6 is 0 Å². The Balaban J connectivity index is 1.41. The first-order valence-corrected chi connectivity index (χ1v) is 16.6. The lowest BCUT2D eigenvalue weighted by Gasteiger charge is -2.72. The zero-order chi connectivity index (χ0) is 31.4. The van der Waals surface area contributed by atoms with Gasteiger partial charge in [-0.2, -0.15) is 0 Å². The zero-order valence-corrected chi connectivity index (χ0v) is 27.2. The molecule has 4 saturated carbocycles. The molecule has 3 unspecified atom stereocenters. The van der Waals surface area contributed by atoms with Gasteiger partial charge in [-0.05, 0) is 110 Å². The average Bonchev–Trinajstić information content (AvgIpc) is 2.94. The summed E-state index contributed by atoms with van der Waals surface area (Å²) in [7, 11) is 0. The lowest BCUT2D eigenvalue weighted by molar-refractivity contribution is -0.237. The minimum Gasteiger partial charge on any atom is -0.481 e. The third-order valence-electron chi connectivity index (χ3n) is 14.7. The molecule has 0 saturated heterocycles. The molecule has 43 heavy (non-hydrogen) atoms. The second-order valence-corrected chi connectivity index (χ2v) is 16.6. The van der Waals surface area contributed by atoms with E-state index in [0.717, 1.165) is 32.1 Å². The summed E-state index contributed by atoms with van der Waals surface area (Å²) < 4.78 is 6.13. The Kier molecular flexibility index (Phi) is 6.93. The van der Waals surface area contributed by atoms with Gasteiger partial charge in [-0.3, -0.25) is 4.79 Å². The van der Waals surface area contributed by atoms with Gasteiger partial charge in [0.05, 0.1) is 22.7 Å². The van der Waals surface area contributed by atoms with E-state index < -0.39 is 46.5 Å². The van der Waals surface area contributed by atoms with E-state index in [-0.39, 0.29) is 34.0 Å². The van der Waals surface area contributed by atoms with Gasteiger partial charge in [0.25, 0.3) is 0 Å². The third-order valence-corrected chi connectivity index (χ3v) is 14.7. The lowest BCUT2D eigenvalue weighted by atomic mass is 9.33. The van der Waals surface area contributed by atoms with E-state index in [1.807, 2.05) is 25.1 Å². The van der Waals surface area contributed by atoms with E-state index >= 15 is 0 Å². The number of aliphatic hydroxyl groups is 2. The van der Waals surface area contributed by atoms with Crippen LogP contribution in [0.1, 0.15) is 110 Å². The van der Waals surface area contributed by atoms with Crippen molar-refractivity contribution in [1.29, 1.82) is 0 Å². The smallest absolute Gasteiger partial charge is 0.338 e. The van der Waals surface area contributed by atoms with Crippen molar-refractivity contribution >= 4 is 11.9 Å². The summed E-state index contributed by atoms with van der Waals surface area (Å²) in [5.41, 5.74) is -1.41. The fraction of sp³-hybridized carbons (Fsp3) is 0.730. The molecular weight excluding hydrogens is 540 g/mol. The van der Waals surface area contributed by atoms with Crippen molar-refractivity contribution in [2.75, 3.05) is 0 Å². The summed E-state index contributed by atoms with van der Waals surface area (Å²) in [5.74, 6) is -1.04. The van der Waals surface area contributed by atoms with E-state index in [1.165, 1.54) is 5.57 Å². The molecule has 5 aliphatic rings. The van der Waals surface area contributed by atoms with Gasteiger partial charge in [0, 0.05) is 5.92 Å². The largest absolute Gasteiger partial charge is 0.481 e. The van der Waals surface area contributed by atoms with Crippen molar-refractivity contribution in [2.24, 2.45) is 50.7 Å². The van der Waals surface area contributed by atoms with Gasteiger partial charge in [-0.25, -0.2) is 4.79 Å². The highest BCUT2D eigenvalue weighted by atomic mass is 16.6. The summed E-state index contributed by atoms with van der Waals surface area (Å²) in [5, 5.41) is 34.4. The number of rotatable bonds is 3. The molecule has 0 heterocycles. The van der Waals surface area contributed by atoms with E-state index in [2.05, 4.69) is 47.6 Å². The van der Waals surface area contributed by atoms with Crippen molar-refractivity contribution in [1.82, 2.24) is 0 Å². The summed E-state index contributed by atoms with van der Waals surface area (Å²) in [6.45, 7) is 15.4. The number of carbonyl (C=O) groups is 2. The number of esters is 1. The summed E-state index contributed by atoms with van der Waals surface area (Å²) in [6.07, 6.45) is 6.99. The highest BCUT2D eigenvalue weighted by Gasteiger charge is 2.72. The van der Waals surface area contributed by atoms with Gasteiger partial charge in [-0.15, -0.1) is 0 Å². The Labute approximate surface area is 257 Å². The van der Waals surface area contributed by atoms with Crippen LogP contribution in [0.4, 0.5) is 0 Å². The molecule has 6 nitrogen and oxygen atoms in total. The molecule has 1 aromatic rings. The Morgan fingerprint density at radius 3 is 2.23 bits per heavy atom. The molecule has 3 N–H and O–H groups in total. The number of hydrogen-bond donors (Lipinski definition) is 3. The molecule has 0 bridgehead atoms. The highest BCUT2D eigenvalue weighted by molar-refractivity contribution is 5.89. The topological polar surface area (TPSA) is 104 Å². The monoisotopic (exact) mass is 592 g/mol. The zero-order valence-electron chi connectivity index (χ0n) is 27.2. The molecule has 1 aromatic carbocycles. The predicted molar refractivity (Wildman–Crippen MR) is 165 cm³/mol. The number of carboxylic acid groups (broad SMARTS) is 1. The predicted octanol–water partition coefficient (Wildman–Crippen LogP) is 7.04. The molecule has 0 radical (unpaired) electrons. The van der Waals surface area contributed by atoms with Crippen molar-refractivity contribution in [3.05, 3.63) is 47.5 Å². The quantitative estimate of drug-likeness (QED) is 0.257. The van der Waals surface area contributed by atoms with Crippen molar-refractivity contribution < 1.29 is 29.6 Å². The first-order valence-electron chi connectivity index (χ1n) is 16.6. The average molecular weight is 593 g/mol. The highest BCUT2D eigenvalue weighted by Crippen LogP contribution is 2.76. The van der Waals surface area contributed by atoms with E-state index in [9.17, 15) is 24.9 Å². The normalized spacial score (nSPS) is 48.4. The van der Waals surface area contributed by atoms with E-state index in [0.29, 0.717) is 24.8 Å². The molecule has 5 aliphatic carbocycles. The number of fused-ring (bicyclic) bond motifs is 7. The van der Waals surface area contributed by atoms with Crippen LogP contribution in [-0.4, -0.2) is 45.1 Å². The first-order chi connectivity index (χ1) is 20.0. The fourth-order valence-corrected chi connectivity index (χ4v) is 11.8. The number of carbonyl (C=O) groups excluding carboxylic acids is 1. The Morgan fingerprint density at radius 1 is 0.907 bits per heavy atom. The van der Waals surface area contributed by atoms with Gasteiger partial charge in [0.1, 0.15) is 6.10 Å². The molecule has 4 fully saturated rings. The second-order valence-electron chi connectivity index (χ2n) is 16.6. The summed E-state index contributed by atoms with van der Waals surface area (Å²) in [6, 6.07) is 9.01. The molecule has 11 atom stereocenters. The number of hydrogen-bond acceptors (Lipinski definition) is 5. The number of allylic oxidation sites excluding steroid dienone is 1.